The number of para-hydroxylation sites is 1. The van der Waals surface area contributed by atoms with Crippen LogP contribution in [-0.4, -0.2) is 26.3 Å². The van der Waals surface area contributed by atoms with Crippen LogP contribution >= 0.6 is 11.3 Å². The molecule has 0 fully saturated rings. The van der Waals surface area contributed by atoms with Gasteiger partial charge in [0.2, 0.25) is 0 Å². The summed E-state index contributed by atoms with van der Waals surface area (Å²) < 4.78 is 11.8. The van der Waals surface area contributed by atoms with Crippen molar-refractivity contribution in [1.82, 2.24) is 4.98 Å². The van der Waals surface area contributed by atoms with Crippen molar-refractivity contribution < 1.29 is 9.47 Å². The van der Waals surface area contributed by atoms with Crippen molar-refractivity contribution >= 4 is 26.7 Å². The molecule has 22 heavy (non-hydrogen) atoms. The summed E-state index contributed by atoms with van der Waals surface area (Å²) in [6.45, 7) is 0.764. The minimum atomic E-state index is 0.744. The summed E-state index contributed by atoms with van der Waals surface area (Å²) in [7, 11) is 5.35. The predicted octanol–water partition coefficient (Wildman–Crippen LogP) is 3.95. The van der Waals surface area contributed by atoms with Gasteiger partial charge in [0, 0.05) is 13.6 Å². The first-order valence-electron chi connectivity index (χ1n) is 6.99. The molecule has 0 saturated heterocycles. The first-order valence-corrected chi connectivity index (χ1v) is 7.80. The maximum atomic E-state index is 5.36. The Balaban J connectivity index is 1.82. The highest BCUT2D eigenvalue weighted by molar-refractivity contribution is 7.22. The molecule has 0 N–H and O–H groups in total. The summed E-state index contributed by atoms with van der Waals surface area (Å²) in [5.74, 6) is 1.49. The largest absolute Gasteiger partial charge is 0.493 e. The van der Waals surface area contributed by atoms with Crippen LogP contribution in [0.1, 0.15) is 5.56 Å². The molecule has 0 amide bonds. The van der Waals surface area contributed by atoms with Crippen molar-refractivity contribution in [2.24, 2.45) is 0 Å². The van der Waals surface area contributed by atoms with Gasteiger partial charge < -0.3 is 14.4 Å². The van der Waals surface area contributed by atoms with E-state index in [4.69, 9.17) is 9.47 Å². The van der Waals surface area contributed by atoms with Gasteiger partial charge in [0.1, 0.15) is 0 Å². The highest BCUT2D eigenvalue weighted by Crippen LogP contribution is 2.31. The molecular formula is C17H18N2O2S. The Morgan fingerprint density at radius 1 is 1.05 bits per heavy atom. The highest BCUT2D eigenvalue weighted by atomic mass is 32.1. The number of nitrogens with zero attached hydrogens (tertiary/aromatic N) is 2. The molecule has 0 aliphatic carbocycles. The minimum Gasteiger partial charge on any atom is -0.493 e. The summed E-state index contributed by atoms with van der Waals surface area (Å²) >= 11 is 1.70. The zero-order valence-corrected chi connectivity index (χ0v) is 13.7. The van der Waals surface area contributed by atoms with E-state index in [9.17, 15) is 0 Å². The molecule has 0 radical (unpaired) electrons. The number of hydrogen-bond acceptors (Lipinski definition) is 5. The predicted molar refractivity (Wildman–Crippen MR) is 91.3 cm³/mol. The number of ether oxygens (including phenoxy) is 2. The maximum Gasteiger partial charge on any atom is 0.186 e. The van der Waals surface area contributed by atoms with E-state index in [1.807, 2.05) is 36.4 Å². The number of aromatic nitrogens is 1. The van der Waals surface area contributed by atoms with Crippen molar-refractivity contribution in [3.05, 3.63) is 48.0 Å². The standard InChI is InChI=1S/C17H18N2O2S/c1-19(17-18-13-6-4-5-7-16(13)22-17)11-12-8-9-14(20-2)15(10-12)21-3/h4-10H,11H2,1-3H3. The van der Waals surface area contributed by atoms with Gasteiger partial charge in [0.15, 0.2) is 16.6 Å². The Morgan fingerprint density at radius 3 is 2.55 bits per heavy atom. The van der Waals surface area contributed by atoms with Crippen molar-refractivity contribution in [1.29, 1.82) is 0 Å². The van der Waals surface area contributed by atoms with Crippen LogP contribution in [0.15, 0.2) is 42.5 Å². The smallest absolute Gasteiger partial charge is 0.186 e. The van der Waals surface area contributed by atoms with E-state index < -0.39 is 0 Å². The van der Waals surface area contributed by atoms with Gasteiger partial charge in [-0.1, -0.05) is 29.5 Å². The lowest BCUT2D eigenvalue weighted by Crippen LogP contribution is -2.16. The van der Waals surface area contributed by atoms with E-state index in [2.05, 4.69) is 23.0 Å². The number of benzene rings is 2. The molecule has 0 bridgehead atoms. The van der Waals surface area contributed by atoms with E-state index in [0.717, 1.165) is 34.3 Å². The van der Waals surface area contributed by atoms with Crippen molar-refractivity contribution in [2.75, 3.05) is 26.2 Å². The summed E-state index contributed by atoms with van der Waals surface area (Å²) in [4.78, 5) is 6.82. The Hall–Kier alpha value is -2.27. The van der Waals surface area contributed by atoms with Gasteiger partial charge in [-0.2, -0.15) is 0 Å². The molecule has 114 valence electrons. The number of fused-ring (bicyclic) bond motifs is 1. The number of methoxy groups -OCH3 is 2. The van der Waals surface area contributed by atoms with Gasteiger partial charge in [-0.3, -0.25) is 0 Å². The van der Waals surface area contributed by atoms with Crippen molar-refractivity contribution in [3.8, 4) is 11.5 Å². The Kier molecular flexibility index (Phi) is 4.15. The summed E-state index contributed by atoms with van der Waals surface area (Å²) in [5.41, 5.74) is 2.20. The lowest BCUT2D eigenvalue weighted by molar-refractivity contribution is 0.354. The molecule has 0 unspecified atom stereocenters. The SMILES string of the molecule is COc1ccc(CN(C)c2nc3ccccc3s2)cc1OC. The molecule has 5 heteroatoms. The third-order valence-electron chi connectivity index (χ3n) is 3.48. The van der Waals surface area contributed by atoms with Gasteiger partial charge >= 0.3 is 0 Å². The van der Waals surface area contributed by atoms with Crippen LogP contribution in [0, 0.1) is 0 Å². The molecule has 1 heterocycles. The van der Waals surface area contributed by atoms with Crippen LogP contribution in [0.2, 0.25) is 0 Å². The van der Waals surface area contributed by atoms with Crippen LogP contribution in [-0.2, 0) is 6.54 Å². The minimum absolute atomic E-state index is 0.744. The Bertz CT molecular complexity index is 752. The molecule has 2 aromatic carbocycles. The second-order valence-corrected chi connectivity index (χ2v) is 6.02. The topological polar surface area (TPSA) is 34.6 Å². The molecule has 0 spiro atoms. The quantitative estimate of drug-likeness (QED) is 0.714. The number of hydrogen-bond donors (Lipinski definition) is 0. The molecule has 0 aliphatic rings. The summed E-state index contributed by atoms with van der Waals surface area (Å²) in [5, 5.41) is 1.01. The van der Waals surface area contributed by atoms with Crippen LogP contribution < -0.4 is 14.4 Å². The first-order chi connectivity index (χ1) is 10.7. The number of thiazole rings is 1. The molecule has 1 aromatic heterocycles. The maximum absolute atomic E-state index is 5.36. The van der Waals surface area contributed by atoms with Crippen molar-refractivity contribution in [3.63, 3.8) is 0 Å². The van der Waals surface area contributed by atoms with Crippen LogP contribution in [0.25, 0.3) is 10.2 Å². The second kappa shape index (κ2) is 6.23. The van der Waals surface area contributed by atoms with Crippen LogP contribution in [0.4, 0.5) is 5.13 Å². The molecule has 0 aliphatic heterocycles. The van der Waals surface area contributed by atoms with E-state index in [1.165, 1.54) is 4.70 Å². The molecular weight excluding hydrogens is 296 g/mol. The normalized spacial score (nSPS) is 10.7. The molecule has 3 aromatic rings. The second-order valence-electron chi connectivity index (χ2n) is 5.01. The zero-order chi connectivity index (χ0) is 15.5. The molecule has 4 nitrogen and oxygen atoms in total. The Labute approximate surface area is 133 Å². The Morgan fingerprint density at radius 2 is 1.82 bits per heavy atom. The third kappa shape index (κ3) is 2.85. The van der Waals surface area contributed by atoms with E-state index >= 15 is 0 Å². The average Bonchev–Trinajstić information content (AvgIpc) is 2.99. The van der Waals surface area contributed by atoms with Gasteiger partial charge in [-0.15, -0.1) is 0 Å². The monoisotopic (exact) mass is 314 g/mol. The fraction of sp³-hybridized carbons (Fsp3) is 0.235. The van der Waals surface area contributed by atoms with E-state index in [0.29, 0.717) is 0 Å². The lowest BCUT2D eigenvalue weighted by atomic mass is 10.2. The summed E-state index contributed by atoms with van der Waals surface area (Å²) in [6.07, 6.45) is 0. The van der Waals surface area contributed by atoms with E-state index in [-0.39, 0.29) is 0 Å². The highest BCUT2D eigenvalue weighted by Gasteiger charge is 2.10. The lowest BCUT2D eigenvalue weighted by Gasteiger charge is -2.17. The van der Waals surface area contributed by atoms with Gasteiger partial charge in [-0.05, 0) is 29.8 Å². The van der Waals surface area contributed by atoms with Crippen LogP contribution in [0.5, 0.6) is 11.5 Å². The number of anilines is 1. The molecule has 3 rings (SSSR count). The van der Waals surface area contributed by atoms with Crippen molar-refractivity contribution in [2.45, 2.75) is 6.54 Å². The van der Waals surface area contributed by atoms with Crippen LogP contribution in [0.3, 0.4) is 0 Å². The van der Waals surface area contributed by atoms with Gasteiger partial charge in [0.25, 0.3) is 0 Å². The molecule has 0 atom stereocenters. The fourth-order valence-corrected chi connectivity index (χ4v) is 3.27. The fourth-order valence-electron chi connectivity index (χ4n) is 2.34. The third-order valence-corrected chi connectivity index (χ3v) is 4.63. The number of rotatable bonds is 5. The average molecular weight is 314 g/mol. The van der Waals surface area contributed by atoms with E-state index in [1.54, 1.807) is 25.6 Å². The first kappa shape index (κ1) is 14.7. The summed E-state index contributed by atoms with van der Waals surface area (Å²) in [6, 6.07) is 14.2. The van der Waals surface area contributed by atoms with Gasteiger partial charge in [0.05, 0.1) is 24.4 Å². The zero-order valence-electron chi connectivity index (χ0n) is 12.9. The van der Waals surface area contributed by atoms with Gasteiger partial charge in [-0.25, -0.2) is 4.98 Å². The molecule has 0 saturated carbocycles.